The monoisotopic (exact) mass is 312 g/mol. The Kier molecular flexibility index (Phi) is 5.19. The van der Waals surface area contributed by atoms with Gasteiger partial charge >= 0.3 is 0 Å². The fourth-order valence-corrected chi connectivity index (χ4v) is 4.86. The molecule has 1 heterocycles. The van der Waals surface area contributed by atoms with Gasteiger partial charge in [0.05, 0.1) is 11.1 Å². The first-order valence-electron chi connectivity index (χ1n) is 8.61. The first kappa shape index (κ1) is 17.0. The van der Waals surface area contributed by atoms with E-state index in [4.69, 9.17) is 12.2 Å². The summed E-state index contributed by atoms with van der Waals surface area (Å²) in [4.78, 5) is 0. The van der Waals surface area contributed by atoms with Crippen molar-refractivity contribution in [3.8, 4) is 0 Å². The fourth-order valence-electron chi connectivity index (χ4n) is 4.55. The van der Waals surface area contributed by atoms with E-state index in [1.807, 2.05) is 0 Å². The molecule has 4 N–H and O–H groups in total. The van der Waals surface area contributed by atoms with Crippen molar-refractivity contribution in [1.82, 2.24) is 10.6 Å². The summed E-state index contributed by atoms with van der Waals surface area (Å²) in [5, 5.41) is 10.6. The van der Waals surface area contributed by atoms with Crippen LogP contribution in [0.4, 0.5) is 0 Å². The smallest absolute Gasteiger partial charge is 0.166 e. The molecule has 0 spiro atoms. The Balaban J connectivity index is 1.87. The molecule has 1 saturated heterocycles. The maximum atomic E-state index is 5.59. The van der Waals surface area contributed by atoms with Gasteiger partial charge in [-0.1, -0.05) is 19.8 Å². The topological polar surface area (TPSA) is 40.7 Å². The van der Waals surface area contributed by atoms with Crippen LogP contribution in [0.1, 0.15) is 73.1 Å². The lowest BCUT2D eigenvalue weighted by atomic mass is 9.79. The molecule has 1 saturated carbocycles. The van der Waals surface area contributed by atoms with Gasteiger partial charge in [-0.25, -0.2) is 0 Å². The molecule has 2 atom stereocenters. The fraction of sp³-hybridized carbons (Fsp3) is 0.941. The summed E-state index contributed by atoms with van der Waals surface area (Å²) in [5.74, 6) is 0.742. The molecule has 1 aliphatic heterocycles. The molecule has 0 unspecified atom stereocenters. The van der Waals surface area contributed by atoms with E-state index in [-0.39, 0.29) is 11.1 Å². The molecule has 2 fully saturated rings. The molecule has 122 valence electrons. The van der Waals surface area contributed by atoms with Crippen LogP contribution < -0.4 is 16.0 Å². The summed E-state index contributed by atoms with van der Waals surface area (Å²) in [6.07, 6.45) is 7.64. The lowest BCUT2D eigenvalue weighted by Crippen LogP contribution is -3.06. The van der Waals surface area contributed by atoms with Crippen molar-refractivity contribution in [2.75, 3.05) is 0 Å². The van der Waals surface area contributed by atoms with Crippen molar-refractivity contribution >= 4 is 17.3 Å². The van der Waals surface area contributed by atoms with E-state index in [1.165, 1.54) is 38.5 Å². The van der Waals surface area contributed by atoms with Crippen LogP contribution in [-0.4, -0.2) is 28.3 Å². The predicted octanol–water partition coefficient (Wildman–Crippen LogP) is 2.31. The normalized spacial score (nSPS) is 32.4. The highest BCUT2D eigenvalue weighted by atomic mass is 32.1. The second-order valence-corrected chi connectivity index (χ2v) is 9.12. The number of hydrogen-bond acceptors (Lipinski definition) is 1. The van der Waals surface area contributed by atoms with Gasteiger partial charge < -0.3 is 16.0 Å². The van der Waals surface area contributed by atoms with E-state index in [0.29, 0.717) is 12.1 Å². The van der Waals surface area contributed by atoms with Crippen LogP contribution in [0.15, 0.2) is 0 Å². The highest BCUT2D eigenvalue weighted by Gasteiger charge is 2.41. The second kappa shape index (κ2) is 6.41. The van der Waals surface area contributed by atoms with Crippen molar-refractivity contribution in [2.24, 2.45) is 5.92 Å². The molecule has 2 rings (SSSR count). The van der Waals surface area contributed by atoms with Crippen LogP contribution in [0.2, 0.25) is 0 Å². The molecule has 4 heteroatoms. The number of nitrogens with one attached hydrogen (secondary N) is 2. The standard InChI is InChI=1S/C17H33N3S/c1-12-8-6-7-9-14(12)19-15(21)18-13-10-16(2,3)20-17(4,5)11-13/h12-14,20H,6-11H2,1-5H3,(H2,18,19,21)/p+1/t12-,14-/m1/s1. The van der Waals surface area contributed by atoms with E-state index in [0.717, 1.165) is 11.0 Å². The van der Waals surface area contributed by atoms with Crippen LogP contribution in [-0.2, 0) is 0 Å². The summed E-state index contributed by atoms with van der Waals surface area (Å²) in [6.45, 7) is 11.7. The average molecular weight is 313 g/mol. The van der Waals surface area contributed by atoms with Crippen LogP contribution in [0.25, 0.3) is 0 Å². The van der Waals surface area contributed by atoms with Gasteiger partial charge in [-0.05, 0) is 58.7 Å². The first-order chi connectivity index (χ1) is 9.67. The molecular formula is C17H34N3S+. The summed E-state index contributed by atoms with van der Waals surface area (Å²) in [6, 6.07) is 1.05. The van der Waals surface area contributed by atoms with Crippen LogP contribution in [0.3, 0.4) is 0 Å². The lowest BCUT2D eigenvalue weighted by Gasteiger charge is -2.43. The quantitative estimate of drug-likeness (QED) is 0.685. The summed E-state index contributed by atoms with van der Waals surface area (Å²) < 4.78 is 0. The summed E-state index contributed by atoms with van der Waals surface area (Å²) >= 11 is 5.59. The van der Waals surface area contributed by atoms with Gasteiger partial charge in [0, 0.05) is 24.9 Å². The maximum Gasteiger partial charge on any atom is 0.166 e. The van der Waals surface area contributed by atoms with Crippen LogP contribution >= 0.6 is 12.2 Å². The molecule has 0 aromatic carbocycles. The summed E-state index contributed by atoms with van der Waals surface area (Å²) in [5.41, 5.74) is 0.570. The zero-order chi connectivity index (χ0) is 15.7. The first-order valence-corrected chi connectivity index (χ1v) is 9.02. The number of hydrogen-bond donors (Lipinski definition) is 3. The largest absolute Gasteiger partial charge is 0.360 e. The summed E-state index contributed by atoms with van der Waals surface area (Å²) in [7, 11) is 0. The minimum atomic E-state index is 0.285. The van der Waals surface area contributed by atoms with Gasteiger partial charge in [0.25, 0.3) is 0 Å². The Labute approximate surface area is 136 Å². The molecule has 0 aromatic heterocycles. The molecule has 3 nitrogen and oxygen atoms in total. The molecule has 0 amide bonds. The van der Waals surface area contributed by atoms with E-state index in [1.54, 1.807) is 0 Å². The number of quaternary nitrogens is 1. The molecule has 21 heavy (non-hydrogen) atoms. The van der Waals surface area contributed by atoms with Gasteiger partial charge in [-0.15, -0.1) is 0 Å². The Hall–Kier alpha value is -0.350. The molecule has 2 aliphatic rings. The highest BCUT2D eigenvalue weighted by molar-refractivity contribution is 7.80. The molecule has 1 aliphatic carbocycles. The number of piperidine rings is 1. The van der Waals surface area contributed by atoms with E-state index >= 15 is 0 Å². The highest BCUT2D eigenvalue weighted by Crippen LogP contribution is 2.24. The molecule has 0 aromatic rings. The van der Waals surface area contributed by atoms with Gasteiger partial charge in [0.2, 0.25) is 0 Å². The third kappa shape index (κ3) is 5.10. The van der Waals surface area contributed by atoms with Crippen molar-refractivity contribution < 1.29 is 5.32 Å². The Morgan fingerprint density at radius 2 is 1.57 bits per heavy atom. The van der Waals surface area contributed by atoms with E-state index in [9.17, 15) is 0 Å². The number of thiocarbonyl (C=S) groups is 1. The van der Waals surface area contributed by atoms with E-state index in [2.05, 4.69) is 50.6 Å². The minimum absolute atomic E-state index is 0.285. The molecule has 0 radical (unpaired) electrons. The minimum Gasteiger partial charge on any atom is -0.360 e. The van der Waals surface area contributed by atoms with Gasteiger partial charge in [0.1, 0.15) is 0 Å². The number of rotatable bonds is 2. The van der Waals surface area contributed by atoms with Crippen molar-refractivity contribution in [3.05, 3.63) is 0 Å². The predicted molar refractivity (Wildman–Crippen MR) is 93.4 cm³/mol. The third-order valence-corrected chi connectivity index (χ3v) is 5.33. The Morgan fingerprint density at radius 3 is 2.14 bits per heavy atom. The van der Waals surface area contributed by atoms with Crippen molar-refractivity contribution in [2.45, 2.75) is 96.3 Å². The van der Waals surface area contributed by atoms with Gasteiger partial charge in [0.15, 0.2) is 5.11 Å². The SMILES string of the molecule is C[C@@H]1CCCC[C@H]1NC(=S)NC1CC(C)(C)[NH2+]C(C)(C)C1. The maximum absolute atomic E-state index is 5.59. The van der Waals surface area contributed by atoms with Crippen LogP contribution in [0.5, 0.6) is 0 Å². The van der Waals surface area contributed by atoms with Gasteiger partial charge in [-0.2, -0.15) is 0 Å². The van der Waals surface area contributed by atoms with E-state index < -0.39 is 0 Å². The lowest BCUT2D eigenvalue weighted by molar-refractivity contribution is -0.787. The van der Waals surface area contributed by atoms with Crippen molar-refractivity contribution in [1.29, 1.82) is 0 Å². The second-order valence-electron chi connectivity index (χ2n) is 8.71. The van der Waals surface area contributed by atoms with Crippen molar-refractivity contribution in [3.63, 3.8) is 0 Å². The Bertz CT molecular complexity index is 362. The number of nitrogens with two attached hydrogens (primary N) is 1. The third-order valence-electron chi connectivity index (χ3n) is 5.09. The van der Waals surface area contributed by atoms with Gasteiger partial charge in [-0.3, -0.25) is 0 Å². The molecular weight excluding hydrogens is 278 g/mol. The zero-order valence-electron chi connectivity index (χ0n) is 14.5. The Morgan fingerprint density at radius 1 is 1.00 bits per heavy atom. The molecule has 0 bridgehead atoms. The van der Waals surface area contributed by atoms with Crippen LogP contribution in [0, 0.1) is 5.92 Å². The average Bonchev–Trinajstić information content (AvgIpc) is 2.27. The zero-order valence-corrected chi connectivity index (χ0v) is 15.3.